The Hall–Kier alpha value is -6.74. The van der Waals surface area contributed by atoms with Crippen LogP contribution in [-0.4, -0.2) is 108 Å². The lowest BCUT2D eigenvalue weighted by atomic mass is 9.75. The second kappa shape index (κ2) is 20.4. The molecule has 0 spiro atoms. The molecule has 3 aliphatic heterocycles. The van der Waals surface area contributed by atoms with Gasteiger partial charge in [0, 0.05) is 60.8 Å². The minimum absolute atomic E-state index is 0.108. The number of pyridine rings is 1. The molecule has 4 fully saturated rings. The van der Waals surface area contributed by atoms with Crippen LogP contribution in [0.25, 0.3) is 28.0 Å². The first-order chi connectivity index (χ1) is 32.4. The molecule has 0 bridgehead atoms. The first-order valence-electron chi connectivity index (χ1n) is 23.5. The van der Waals surface area contributed by atoms with Crippen LogP contribution in [0.3, 0.4) is 0 Å². The van der Waals surface area contributed by atoms with Crippen molar-refractivity contribution in [3.63, 3.8) is 0 Å². The van der Waals surface area contributed by atoms with Gasteiger partial charge < -0.3 is 25.5 Å². The van der Waals surface area contributed by atoms with E-state index in [1.807, 2.05) is 56.7 Å². The molecule has 3 saturated heterocycles. The quantitative estimate of drug-likeness (QED) is 0.0827. The predicted molar refractivity (Wildman–Crippen MR) is 249 cm³/mol. The number of nitriles is 1. The fourth-order valence-electron chi connectivity index (χ4n) is 10.4. The maximum Gasteiger partial charge on any atom is 0.290 e. The van der Waals surface area contributed by atoms with Crippen molar-refractivity contribution < 1.29 is 28.7 Å². The smallest absolute Gasteiger partial charge is 0.290 e. The van der Waals surface area contributed by atoms with Crippen molar-refractivity contribution in [3.8, 4) is 28.6 Å². The van der Waals surface area contributed by atoms with Crippen LogP contribution in [0.4, 0.5) is 15.9 Å². The van der Waals surface area contributed by atoms with Gasteiger partial charge in [-0.25, -0.2) is 18.9 Å². The van der Waals surface area contributed by atoms with Crippen LogP contribution in [0.2, 0.25) is 0 Å². The molecule has 3 amide bonds. The van der Waals surface area contributed by atoms with Crippen molar-refractivity contribution in [1.82, 2.24) is 44.9 Å². The fourth-order valence-corrected chi connectivity index (χ4v) is 10.4. The Morgan fingerprint density at radius 1 is 0.970 bits per heavy atom. The fraction of sp³-hybridized carbons (Fsp3) is 0.490. The highest BCUT2D eigenvalue weighted by molar-refractivity contribution is 6.01. The van der Waals surface area contributed by atoms with Crippen molar-refractivity contribution in [2.24, 2.45) is 5.41 Å². The average Bonchev–Trinajstić information content (AvgIpc) is 4.01. The number of nitrogens with zero attached hydrogens (tertiary/aromatic N) is 9. The number of amides is 3. The molecule has 17 nitrogen and oxygen atoms in total. The maximum atomic E-state index is 15.4. The summed E-state index contributed by atoms with van der Waals surface area (Å²) < 4.78 is 19.2. The van der Waals surface area contributed by atoms with Gasteiger partial charge in [0.25, 0.3) is 6.47 Å². The molecule has 7 heterocycles. The number of carbonyl (C=O) groups is 4. The maximum absolute atomic E-state index is 15.4. The van der Waals surface area contributed by atoms with E-state index in [0.29, 0.717) is 40.6 Å². The number of likely N-dealkylation sites (tertiary alicyclic amines) is 1. The summed E-state index contributed by atoms with van der Waals surface area (Å²) in [5.41, 5.74) is 4.94. The Labute approximate surface area is 389 Å². The number of hydrogen-bond acceptors (Lipinski definition) is 12. The molecule has 1 atom stereocenters. The van der Waals surface area contributed by atoms with E-state index in [4.69, 9.17) is 25.0 Å². The molecule has 352 valence electrons. The van der Waals surface area contributed by atoms with E-state index in [0.717, 1.165) is 106 Å². The Balaban J connectivity index is 0.00000198. The molecule has 67 heavy (non-hydrogen) atoms. The van der Waals surface area contributed by atoms with Crippen LogP contribution in [0, 0.1) is 22.6 Å². The third kappa shape index (κ3) is 10.2. The summed E-state index contributed by atoms with van der Waals surface area (Å²) in [6.07, 6.45) is 18.1. The number of carboxylic acid groups (broad SMARTS) is 1. The van der Waals surface area contributed by atoms with E-state index < -0.39 is 6.04 Å². The number of rotatable bonds is 11. The largest absolute Gasteiger partial charge is 0.483 e. The third-order valence-corrected chi connectivity index (χ3v) is 14.3. The number of carbonyl (C=O) groups excluding carboxylic acids is 3. The highest BCUT2D eigenvalue weighted by Crippen LogP contribution is 2.39. The summed E-state index contributed by atoms with van der Waals surface area (Å²) in [4.78, 5) is 59.9. The summed E-state index contributed by atoms with van der Waals surface area (Å²) >= 11 is 0. The number of fused-ring (bicyclic) bond motifs is 1. The van der Waals surface area contributed by atoms with Gasteiger partial charge in [0.1, 0.15) is 34.8 Å². The summed E-state index contributed by atoms with van der Waals surface area (Å²) in [6.45, 7) is 9.18. The molecule has 1 saturated carbocycles. The number of imide groups is 1. The average molecular weight is 915 g/mol. The zero-order valence-corrected chi connectivity index (χ0v) is 38.3. The van der Waals surface area contributed by atoms with Crippen molar-refractivity contribution in [1.29, 1.82) is 5.26 Å². The first kappa shape index (κ1) is 46.8. The lowest BCUT2D eigenvalue weighted by Gasteiger charge is -2.41. The summed E-state index contributed by atoms with van der Waals surface area (Å²) in [5.74, 6) is 0.229. The lowest BCUT2D eigenvalue weighted by molar-refractivity contribution is -0.134. The number of halogens is 1. The van der Waals surface area contributed by atoms with Gasteiger partial charge in [-0.15, -0.1) is 0 Å². The number of nitrogens with one attached hydrogen (secondary N) is 3. The number of piperidine rings is 3. The van der Waals surface area contributed by atoms with E-state index in [-0.39, 0.29) is 59.8 Å². The van der Waals surface area contributed by atoms with Gasteiger partial charge in [0.2, 0.25) is 17.7 Å². The van der Waals surface area contributed by atoms with E-state index in [2.05, 4.69) is 54.7 Å². The molecule has 0 unspecified atom stereocenters. The van der Waals surface area contributed by atoms with Crippen LogP contribution < -0.4 is 20.9 Å². The molecule has 18 heteroatoms. The summed E-state index contributed by atoms with van der Waals surface area (Å²) in [6, 6.07) is 11.7. The van der Waals surface area contributed by atoms with Crippen molar-refractivity contribution in [2.45, 2.75) is 121 Å². The molecular weight excluding hydrogens is 856 g/mol. The second-order valence-corrected chi connectivity index (χ2v) is 18.6. The molecule has 4 N–H and O–H groups in total. The Kier molecular flexibility index (Phi) is 14.3. The predicted octanol–water partition coefficient (Wildman–Crippen LogP) is 6.47. The van der Waals surface area contributed by atoms with Gasteiger partial charge >= 0.3 is 0 Å². The summed E-state index contributed by atoms with van der Waals surface area (Å²) in [5, 5.41) is 34.8. The van der Waals surface area contributed by atoms with Gasteiger partial charge in [-0.2, -0.15) is 15.5 Å². The van der Waals surface area contributed by atoms with Crippen LogP contribution in [0.15, 0.2) is 61.3 Å². The van der Waals surface area contributed by atoms with Crippen LogP contribution in [0.5, 0.6) is 0 Å². The van der Waals surface area contributed by atoms with Gasteiger partial charge in [-0.3, -0.25) is 29.2 Å². The van der Waals surface area contributed by atoms with E-state index in [9.17, 15) is 19.6 Å². The number of hydrogen-bond donors (Lipinski definition) is 4. The van der Waals surface area contributed by atoms with Gasteiger partial charge in [0.15, 0.2) is 0 Å². The van der Waals surface area contributed by atoms with Crippen molar-refractivity contribution in [2.75, 3.05) is 36.4 Å². The summed E-state index contributed by atoms with van der Waals surface area (Å²) in [7, 11) is 0. The second-order valence-electron chi connectivity index (χ2n) is 18.6. The van der Waals surface area contributed by atoms with Gasteiger partial charge in [-0.05, 0) is 127 Å². The topological polar surface area (TPSA) is 216 Å². The highest BCUT2D eigenvalue weighted by Gasteiger charge is 2.40. The molecule has 5 aromatic rings. The SMILES string of the molecule is CCC1(C(=O)NC(C)C)CCN(c2ccc(-c3nc(-c4cnn(C5CCC(N6CCC(c7ccc(N[C@@H]8CCC(=O)NC8=O)cc7F)CC6)CC5)c4)cn4ncc(C#N)c34)cn2)CC1.O=CO. The van der Waals surface area contributed by atoms with Crippen LogP contribution >= 0.6 is 0 Å². The number of anilines is 2. The van der Waals surface area contributed by atoms with Gasteiger partial charge in [0.05, 0.1) is 41.4 Å². The minimum Gasteiger partial charge on any atom is -0.483 e. The molecular formula is C49H59FN12O5. The minimum atomic E-state index is -0.547. The van der Waals surface area contributed by atoms with E-state index >= 15 is 4.39 Å². The van der Waals surface area contributed by atoms with Gasteiger partial charge in [-0.1, -0.05) is 13.0 Å². The molecule has 1 aliphatic carbocycles. The molecule has 4 aliphatic rings. The van der Waals surface area contributed by atoms with Crippen LogP contribution in [0.1, 0.15) is 114 Å². The Morgan fingerprint density at radius 2 is 1.70 bits per heavy atom. The number of aromatic nitrogens is 6. The highest BCUT2D eigenvalue weighted by atomic mass is 19.1. The monoisotopic (exact) mass is 914 g/mol. The standard InChI is InChI=1S/C48H57FN12O3.CH2O2/c1-4-48(47(64)54-30(2)3)17-21-59(22-18-48)42-13-5-32(25-51-42)44-45-33(24-50)26-53-61(45)29-41(56-44)34-27-52-60(28-34)37-9-7-36(8-10-37)58-19-15-31(16-20-58)38-11-6-35(23-39(38)49)55-40-12-14-43(62)57-46(40)63;2-1-3/h5-6,11,13,23,25-31,36-37,40,55H,4,7-10,12,14-22H2,1-3H3,(H,54,64)(H,57,62,63);1H,(H,2,3)/t36?,37?,40-;/m1./s1. The molecule has 0 radical (unpaired) electrons. The molecule has 4 aromatic heterocycles. The zero-order valence-electron chi connectivity index (χ0n) is 38.3. The van der Waals surface area contributed by atoms with Crippen molar-refractivity contribution >= 4 is 41.2 Å². The zero-order chi connectivity index (χ0) is 47.2. The Morgan fingerprint density at radius 3 is 2.34 bits per heavy atom. The number of benzene rings is 1. The lowest BCUT2D eigenvalue weighted by Crippen LogP contribution is -2.50. The molecule has 9 rings (SSSR count). The van der Waals surface area contributed by atoms with E-state index in [1.54, 1.807) is 10.7 Å². The Bertz CT molecular complexity index is 2620. The molecule has 1 aromatic carbocycles. The van der Waals surface area contributed by atoms with Crippen molar-refractivity contribution in [3.05, 3.63) is 78.3 Å². The normalized spacial score (nSPS) is 21.3. The van der Waals surface area contributed by atoms with Crippen LogP contribution in [-0.2, 0) is 19.2 Å². The first-order valence-corrected chi connectivity index (χ1v) is 23.5. The third-order valence-electron chi connectivity index (χ3n) is 14.3. The van der Waals surface area contributed by atoms with E-state index in [1.165, 1.54) is 6.07 Å².